The molecule has 2 bridgehead atoms. The first kappa shape index (κ1) is 11.0. The molecule has 3 nitrogen and oxygen atoms in total. The van der Waals surface area contributed by atoms with Crippen LogP contribution in [-0.4, -0.2) is 35.1 Å². The number of piperidine rings is 1. The molecule has 0 saturated carbocycles. The summed E-state index contributed by atoms with van der Waals surface area (Å²) in [5, 5.41) is 9.01. The molecule has 2 fully saturated rings. The van der Waals surface area contributed by atoms with Gasteiger partial charge in [-0.05, 0) is 25.3 Å². The third kappa shape index (κ3) is 1.62. The van der Waals surface area contributed by atoms with E-state index in [1.807, 2.05) is 0 Å². The van der Waals surface area contributed by atoms with Crippen LogP contribution in [0.15, 0.2) is 0 Å². The summed E-state index contributed by atoms with van der Waals surface area (Å²) in [5.74, 6) is -0.231. The minimum Gasteiger partial charge on any atom is -0.481 e. The lowest BCUT2D eigenvalue weighted by atomic mass is 9.86. The van der Waals surface area contributed by atoms with E-state index in [2.05, 4.69) is 11.8 Å². The Hall–Kier alpha value is -0.0900. The van der Waals surface area contributed by atoms with E-state index in [0.717, 1.165) is 25.9 Å². The van der Waals surface area contributed by atoms with Gasteiger partial charge in [0.05, 0.1) is 5.92 Å². The summed E-state index contributed by atoms with van der Waals surface area (Å²) in [6, 6.07) is 0.321. The highest BCUT2D eigenvalue weighted by Gasteiger charge is 2.48. The minimum absolute atomic E-state index is 0. The summed E-state index contributed by atoms with van der Waals surface area (Å²) in [6.45, 7) is 4.23. The Kier molecular flexibility index (Phi) is 3.35. The van der Waals surface area contributed by atoms with Crippen molar-refractivity contribution in [2.24, 2.45) is 11.8 Å². The largest absolute Gasteiger partial charge is 0.481 e. The normalized spacial score (nSPS) is 41.6. The Morgan fingerprint density at radius 3 is 2.77 bits per heavy atom. The molecule has 0 aromatic carbocycles. The van der Waals surface area contributed by atoms with Crippen molar-refractivity contribution in [2.45, 2.75) is 25.8 Å². The van der Waals surface area contributed by atoms with Crippen LogP contribution in [-0.2, 0) is 4.79 Å². The fraction of sp³-hybridized carbons (Fsp3) is 0.889. The highest BCUT2D eigenvalue weighted by molar-refractivity contribution is 8.93. The average Bonchev–Trinajstić information content (AvgIpc) is 2.60. The van der Waals surface area contributed by atoms with Crippen LogP contribution in [0.2, 0.25) is 0 Å². The molecular weight excluding hydrogens is 234 g/mol. The van der Waals surface area contributed by atoms with Crippen LogP contribution in [0, 0.1) is 11.8 Å². The van der Waals surface area contributed by atoms with Gasteiger partial charge < -0.3 is 5.11 Å². The van der Waals surface area contributed by atoms with Crippen LogP contribution in [0.3, 0.4) is 0 Å². The number of fused-ring (bicyclic) bond motifs is 2. The second kappa shape index (κ2) is 3.96. The van der Waals surface area contributed by atoms with Crippen LogP contribution in [0.4, 0.5) is 0 Å². The van der Waals surface area contributed by atoms with E-state index in [4.69, 9.17) is 5.11 Å². The Morgan fingerprint density at radius 1 is 1.62 bits per heavy atom. The zero-order chi connectivity index (χ0) is 8.72. The van der Waals surface area contributed by atoms with Crippen molar-refractivity contribution in [2.75, 3.05) is 13.1 Å². The summed E-state index contributed by atoms with van der Waals surface area (Å²) in [5.41, 5.74) is 0. The maximum Gasteiger partial charge on any atom is 0.308 e. The molecule has 2 rings (SSSR count). The van der Waals surface area contributed by atoms with Crippen molar-refractivity contribution < 1.29 is 9.90 Å². The first-order valence-electron chi connectivity index (χ1n) is 4.71. The van der Waals surface area contributed by atoms with Gasteiger partial charge in [-0.1, -0.05) is 6.92 Å². The van der Waals surface area contributed by atoms with Crippen molar-refractivity contribution in [3.8, 4) is 0 Å². The lowest BCUT2D eigenvalue weighted by Crippen LogP contribution is -2.39. The van der Waals surface area contributed by atoms with E-state index < -0.39 is 5.97 Å². The summed E-state index contributed by atoms with van der Waals surface area (Å²) in [6.07, 6.45) is 2.07. The number of carbonyl (C=O) groups is 1. The topological polar surface area (TPSA) is 40.5 Å². The highest BCUT2D eigenvalue weighted by atomic mass is 79.9. The van der Waals surface area contributed by atoms with Crippen molar-refractivity contribution in [1.82, 2.24) is 4.90 Å². The maximum absolute atomic E-state index is 10.9. The molecule has 2 aliphatic heterocycles. The van der Waals surface area contributed by atoms with Crippen LogP contribution in [0.25, 0.3) is 0 Å². The van der Waals surface area contributed by atoms with E-state index in [9.17, 15) is 4.79 Å². The van der Waals surface area contributed by atoms with E-state index in [0.29, 0.717) is 12.0 Å². The maximum atomic E-state index is 10.9. The standard InChI is InChI=1S/C9H15NO2.BrH/c1-2-7-8(9(11)12)6-3-4-10(7)5-6;/h6-8H,2-5H2,1H3,(H,11,12);1H/t6-,7?,8-;/m0./s1. The summed E-state index contributed by atoms with van der Waals surface area (Å²) >= 11 is 0. The highest BCUT2D eigenvalue weighted by Crippen LogP contribution is 2.39. The molecule has 2 aliphatic rings. The molecule has 76 valence electrons. The molecule has 0 spiro atoms. The van der Waals surface area contributed by atoms with Crippen LogP contribution >= 0.6 is 17.0 Å². The van der Waals surface area contributed by atoms with Gasteiger partial charge in [-0.2, -0.15) is 0 Å². The fourth-order valence-corrected chi connectivity index (χ4v) is 2.83. The van der Waals surface area contributed by atoms with Gasteiger partial charge in [0, 0.05) is 12.6 Å². The third-order valence-electron chi connectivity index (χ3n) is 3.35. The molecule has 0 aromatic heterocycles. The second-order valence-corrected chi connectivity index (χ2v) is 3.88. The quantitative estimate of drug-likeness (QED) is 0.804. The van der Waals surface area contributed by atoms with Gasteiger partial charge in [0.15, 0.2) is 0 Å². The van der Waals surface area contributed by atoms with Crippen molar-refractivity contribution in [3.05, 3.63) is 0 Å². The van der Waals surface area contributed by atoms with E-state index in [-0.39, 0.29) is 22.9 Å². The zero-order valence-electron chi connectivity index (χ0n) is 7.77. The van der Waals surface area contributed by atoms with Gasteiger partial charge in [-0.3, -0.25) is 9.69 Å². The molecule has 13 heavy (non-hydrogen) atoms. The monoisotopic (exact) mass is 249 g/mol. The summed E-state index contributed by atoms with van der Waals surface area (Å²) in [7, 11) is 0. The van der Waals surface area contributed by atoms with Crippen molar-refractivity contribution in [3.63, 3.8) is 0 Å². The van der Waals surface area contributed by atoms with E-state index in [1.54, 1.807) is 0 Å². The van der Waals surface area contributed by atoms with Gasteiger partial charge >= 0.3 is 5.97 Å². The average molecular weight is 250 g/mol. The molecule has 0 aliphatic carbocycles. The van der Waals surface area contributed by atoms with Gasteiger partial charge in [-0.15, -0.1) is 17.0 Å². The fourth-order valence-electron chi connectivity index (χ4n) is 2.83. The Labute approximate surface area is 88.9 Å². The predicted molar refractivity (Wildman–Crippen MR) is 55.2 cm³/mol. The molecule has 2 heterocycles. The first-order chi connectivity index (χ1) is 5.74. The van der Waals surface area contributed by atoms with Crippen LogP contribution in [0.1, 0.15) is 19.8 Å². The third-order valence-corrected chi connectivity index (χ3v) is 3.35. The number of carboxylic acid groups (broad SMARTS) is 1. The molecule has 0 radical (unpaired) electrons. The number of rotatable bonds is 2. The van der Waals surface area contributed by atoms with Gasteiger partial charge in [-0.25, -0.2) is 0 Å². The van der Waals surface area contributed by atoms with Crippen molar-refractivity contribution in [1.29, 1.82) is 0 Å². The molecule has 4 heteroatoms. The van der Waals surface area contributed by atoms with Crippen molar-refractivity contribution >= 4 is 23.0 Å². The molecule has 2 unspecified atom stereocenters. The number of hydrogen-bond donors (Lipinski definition) is 1. The number of hydrogen-bond acceptors (Lipinski definition) is 2. The second-order valence-electron chi connectivity index (χ2n) is 3.88. The molecule has 0 aromatic rings. The summed E-state index contributed by atoms with van der Waals surface area (Å²) in [4.78, 5) is 13.3. The van der Waals surface area contributed by atoms with Gasteiger partial charge in [0.2, 0.25) is 0 Å². The Morgan fingerprint density at radius 2 is 2.31 bits per heavy atom. The predicted octanol–water partition coefficient (Wildman–Crippen LogP) is 1.38. The molecule has 0 amide bonds. The molecular formula is C9H16BrNO2. The van der Waals surface area contributed by atoms with E-state index in [1.165, 1.54) is 0 Å². The van der Waals surface area contributed by atoms with Gasteiger partial charge in [0.25, 0.3) is 0 Å². The number of carboxylic acids is 1. The Bertz CT molecular complexity index is 210. The first-order valence-corrected chi connectivity index (χ1v) is 4.71. The van der Waals surface area contributed by atoms with Crippen LogP contribution < -0.4 is 0 Å². The van der Waals surface area contributed by atoms with Gasteiger partial charge in [0.1, 0.15) is 0 Å². The summed E-state index contributed by atoms with van der Waals surface area (Å²) < 4.78 is 0. The molecule has 2 saturated heterocycles. The van der Waals surface area contributed by atoms with E-state index >= 15 is 0 Å². The number of halogens is 1. The Balaban J connectivity index is 0.000000845. The molecule has 1 N–H and O–H groups in total. The SMILES string of the molecule is Br.CCC1[C@@H](C(=O)O)[C@H]2CCN1C2. The smallest absolute Gasteiger partial charge is 0.308 e. The lowest BCUT2D eigenvalue weighted by Gasteiger charge is -2.28. The number of nitrogens with zero attached hydrogens (tertiary/aromatic N) is 1. The zero-order valence-corrected chi connectivity index (χ0v) is 9.48. The van der Waals surface area contributed by atoms with Crippen LogP contribution in [0.5, 0.6) is 0 Å². The minimum atomic E-state index is -0.589. The number of aliphatic carboxylic acids is 1. The molecule has 4 atom stereocenters. The lowest BCUT2D eigenvalue weighted by molar-refractivity contribution is -0.144.